The molecular formula is C13H26O3. The largest absolute Gasteiger partial charge is 0.466 e. The molecule has 16 heavy (non-hydrogen) atoms. The maximum atomic E-state index is 11.3. The zero-order chi connectivity index (χ0) is 12.4. The smallest absolute Gasteiger partial charge is 0.305 e. The lowest BCUT2D eigenvalue weighted by molar-refractivity contribution is -0.145. The molecule has 0 atom stereocenters. The van der Waals surface area contributed by atoms with Crippen molar-refractivity contribution in [3.05, 3.63) is 0 Å². The predicted octanol–water partition coefficient (Wildman–Crippen LogP) is 3.32. The number of methoxy groups -OCH3 is 1. The van der Waals surface area contributed by atoms with E-state index in [9.17, 15) is 4.79 Å². The van der Waals surface area contributed by atoms with E-state index in [0.29, 0.717) is 13.0 Å². The molecule has 0 saturated heterocycles. The van der Waals surface area contributed by atoms with E-state index in [2.05, 4.69) is 6.92 Å². The Kier molecular flexibility index (Phi) is 8.26. The molecule has 3 nitrogen and oxygen atoms in total. The highest BCUT2D eigenvalue weighted by Gasteiger charge is 2.16. The molecule has 0 fully saturated rings. The fraction of sp³-hybridized carbons (Fsp3) is 0.923. The summed E-state index contributed by atoms with van der Waals surface area (Å²) in [4.78, 5) is 11.3. The number of ether oxygens (including phenoxy) is 2. The summed E-state index contributed by atoms with van der Waals surface area (Å²) in [5.41, 5.74) is -0.206. The van der Waals surface area contributed by atoms with Crippen LogP contribution in [0.2, 0.25) is 0 Å². The summed E-state index contributed by atoms with van der Waals surface area (Å²) in [6, 6.07) is 0. The molecule has 0 rings (SSSR count). The van der Waals surface area contributed by atoms with Crippen molar-refractivity contribution in [3.63, 3.8) is 0 Å². The Bertz CT molecular complexity index is 188. The molecule has 0 aromatic heterocycles. The van der Waals surface area contributed by atoms with Gasteiger partial charge in [0.05, 0.1) is 12.2 Å². The van der Waals surface area contributed by atoms with Gasteiger partial charge in [-0.1, -0.05) is 26.2 Å². The van der Waals surface area contributed by atoms with Gasteiger partial charge in [0.2, 0.25) is 0 Å². The number of unbranched alkanes of at least 4 members (excludes halogenated alkanes) is 3. The van der Waals surface area contributed by atoms with Gasteiger partial charge >= 0.3 is 5.97 Å². The maximum Gasteiger partial charge on any atom is 0.305 e. The third-order valence-corrected chi connectivity index (χ3v) is 2.75. The van der Waals surface area contributed by atoms with Crippen LogP contribution in [0.5, 0.6) is 0 Å². The van der Waals surface area contributed by atoms with E-state index >= 15 is 0 Å². The highest BCUT2D eigenvalue weighted by Crippen LogP contribution is 2.13. The average molecular weight is 230 g/mol. The molecule has 0 aliphatic heterocycles. The molecule has 0 unspecified atom stereocenters. The van der Waals surface area contributed by atoms with Crippen molar-refractivity contribution in [1.29, 1.82) is 0 Å². The molecule has 0 aromatic rings. The highest BCUT2D eigenvalue weighted by atomic mass is 16.5. The zero-order valence-corrected chi connectivity index (χ0v) is 11.2. The Morgan fingerprint density at radius 2 is 1.88 bits per heavy atom. The van der Waals surface area contributed by atoms with Gasteiger partial charge in [-0.05, 0) is 20.3 Å². The van der Waals surface area contributed by atoms with Crippen molar-refractivity contribution >= 4 is 5.97 Å². The van der Waals surface area contributed by atoms with E-state index in [4.69, 9.17) is 9.47 Å². The van der Waals surface area contributed by atoms with Crippen LogP contribution in [0.15, 0.2) is 0 Å². The summed E-state index contributed by atoms with van der Waals surface area (Å²) in [7, 11) is 1.67. The van der Waals surface area contributed by atoms with Crippen molar-refractivity contribution < 1.29 is 14.3 Å². The Labute approximate surface area is 99.5 Å². The van der Waals surface area contributed by atoms with Crippen LogP contribution in [0.3, 0.4) is 0 Å². The second kappa shape index (κ2) is 8.57. The minimum absolute atomic E-state index is 0.0805. The van der Waals surface area contributed by atoms with Crippen LogP contribution in [0.4, 0.5) is 0 Å². The second-order valence-electron chi connectivity index (χ2n) is 4.74. The lowest BCUT2D eigenvalue weighted by atomic mass is 10.1. The number of carbonyl (C=O) groups excluding carboxylic acids is 1. The molecule has 0 aliphatic carbocycles. The van der Waals surface area contributed by atoms with E-state index in [0.717, 1.165) is 19.3 Å². The summed E-state index contributed by atoms with van der Waals surface area (Å²) < 4.78 is 10.4. The van der Waals surface area contributed by atoms with Gasteiger partial charge in [0.1, 0.15) is 0 Å². The minimum Gasteiger partial charge on any atom is -0.466 e. The van der Waals surface area contributed by atoms with Gasteiger partial charge in [-0.25, -0.2) is 0 Å². The van der Waals surface area contributed by atoms with Crippen molar-refractivity contribution in [2.45, 2.75) is 64.9 Å². The van der Waals surface area contributed by atoms with E-state index in [1.807, 2.05) is 13.8 Å². The summed E-state index contributed by atoms with van der Waals surface area (Å²) >= 11 is 0. The molecule has 3 heteroatoms. The Morgan fingerprint density at radius 3 is 2.44 bits per heavy atom. The SMILES string of the molecule is CCCCCCC(=O)OCCC(C)(C)OC. The Morgan fingerprint density at radius 1 is 1.19 bits per heavy atom. The number of rotatable bonds is 9. The van der Waals surface area contributed by atoms with Gasteiger partial charge in [-0.2, -0.15) is 0 Å². The first kappa shape index (κ1) is 15.4. The molecule has 96 valence electrons. The predicted molar refractivity (Wildman–Crippen MR) is 65.4 cm³/mol. The van der Waals surface area contributed by atoms with E-state index in [-0.39, 0.29) is 11.6 Å². The molecule has 0 aromatic carbocycles. The first-order chi connectivity index (χ1) is 7.52. The molecule has 0 saturated carbocycles. The molecule has 0 bridgehead atoms. The van der Waals surface area contributed by atoms with Crippen LogP contribution in [-0.4, -0.2) is 25.3 Å². The maximum absolute atomic E-state index is 11.3. The summed E-state index contributed by atoms with van der Waals surface area (Å²) in [5.74, 6) is -0.0805. The van der Waals surface area contributed by atoms with Crippen molar-refractivity contribution in [3.8, 4) is 0 Å². The highest BCUT2D eigenvalue weighted by molar-refractivity contribution is 5.69. The fourth-order valence-corrected chi connectivity index (χ4v) is 1.28. The lowest BCUT2D eigenvalue weighted by Gasteiger charge is -2.22. The van der Waals surface area contributed by atoms with Crippen LogP contribution in [0.1, 0.15) is 59.3 Å². The minimum atomic E-state index is -0.206. The van der Waals surface area contributed by atoms with Gasteiger partial charge in [0.25, 0.3) is 0 Å². The topological polar surface area (TPSA) is 35.5 Å². The van der Waals surface area contributed by atoms with Gasteiger partial charge in [-0.15, -0.1) is 0 Å². The molecule has 0 amide bonds. The fourth-order valence-electron chi connectivity index (χ4n) is 1.28. The van der Waals surface area contributed by atoms with Gasteiger partial charge in [0, 0.05) is 20.0 Å². The van der Waals surface area contributed by atoms with Gasteiger partial charge < -0.3 is 9.47 Å². The van der Waals surface area contributed by atoms with Crippen LogP contribution >= 0.6 is 0 Å². The summed E-state index contributed by atoms with van der Waals surface area (Å²) in [5, 5.41) is 0. The monoisotopic (exact) mass is 230 g/mol. The summed E-state index contributed by atoms with van der Waals surface area (Å²) in [6.45, 7) is 6.59. The first-order valence-corrected chi connectivity index (χ1v) is 6.22. The standard InChI is InChI=1S/C13H26O3/c1-5-6-7-8-9-12(14)16-11-10-13(2,3)15-4/h5-11H2,1-4H3. The molecule has 0 heterocycles. The van der Waals surface area contributed by atoms with Crippen molar-refractivity contribution in [1.82, 2.24) is 0 Å². The molecule has 0 N–H and O–H groups in total. The zero-order valence-electron chi connectivity index (χ0n) is 11.2. The van der Waals surface area contributed by atoms with Gasteiger partial charge in [-0.3, -0.25) is 4.79 Å². The van der Waals surface area contributed by atoms with Crippen LogP contribution in [0, 0.1) is 0 Å². The second-order valence-corrected chi connectivity index (χ2v) is 4.74. The number of esters is 1. The Hall–Kier alpha value is -0.570. The number of hydrogen-bond donors (Lipinski definition) is 0. The van der Waals surface area contributed by atoms with Crippen molar-refractivity contribution in [2.75, 3.05) is 13.7 Å². The van der Waals surface area contributed by atoms with Crippen LogP contribution in [0.25, 0.3) is 0 Å². The average Bonchev–Trinajstić information content (AvgIpc) is 2.24. The number of carbonyl (C=O) groups is 1. The quantitative estimate of drug-likeness (QED) is 0.450. The van der Waals surface area contributed by atoms with Crippen LogP contribution in [-0.2, 0) is 14.3 Å². The third kappa shape index (κ3) is 8.72. The first-order valence-electron chi connectivity index (χ1n) is 6.22. The molecule has 0 spiro atoms. The van der Waals surface area contributed by atoms with E-state index in [1.165, 1.54) is 12.8 Å². The molecular weight excluding hydrogens is 204 g/mol. The van der Waals surface area contributed by atoms with Crippen molar-refractivity contribution in [2.24, 2.45) is 0 Å². The lowest BCUT2D eigenvalue weighted by Crippen LogP contribution is -2.25. The molecule has 0 radical (unpaired) electrons. The number of hydrogen-bond acceptors (Lipinski definition) is 3. The van der Waals surface area contributed by atoms with E-state index < -0.39 is 0 Å². The van der Waals surface area contributed by atoms with E-state index in [1.54, 1.807) is 7.11 Å². The Balaban J connectivity index is 3.44. The summed E-state index contributed by atoms with van der Waals surface area (Å²) in [6.07, 6.45) is 5.74. The molecule has 0 aliphatic rings. The third-order valence-electron chi connectivity index (χ3n) is 2.75. The van der Waals surface area contributed by atoms with Gasteiger partial charge in [0.15, 0.2) is 0 Å². The van der Waals surface area contributed by atoms with Crippen LogP contribution < -0.4 is 0 Å². The normalized spacial score (nSPS) is 11.5.